The largest absolute Gasteiger partial charge is 0.378 e. The molecule has 0 unspecified atom stereocenters. The lowest BCUT2D eigenvalue weighted by Gasteiger charge is -2.31. The van der Waals surface area contributed by atoms with Gasteiger partial charge in [0.2, 0.25) is 0 Å². The van der Waals surface area contributed by atoms with Crippen molar-refractivity contribution in [1.82, 2.24) is 9.88 Å². The fraction of sp³-hybridized carbons (Fsp3) is 0.478. The van der Waals surface area contributed by atoms with Gasteiger partial charge < -0.3 is 19.4 Å². The van der Waals surface area contributed by atoms with E-state index in [0.29, 0.717) is 12.1 Å². The second-order valence-electron chi connectivity index (χ2n) is 7.84. The summed E-state index contributed by atoms with van der Waals surface area (Å²) in [5, 5.41) is 0. The third-order valence-electron chi connectivity index (χ3n) is 5.77. The third kappa shape index (κ3) is 4.70. The van der Waals surface area contributed by atoms with Crippen molar-refractivity contribution < 1.29 is 9.53 Å². The van der Waals surface area contributed by atoms with Crippen LogP contribution in [0.4, 0.5) is 11.5 Å². The minimum Gasteiger partial charge on any atom is -0.378 e. The first kappa shape index (κ1) is 19.7. The number of rotatable bonds is 5. The average Bonchev–Trinajstić information content (AvgIpc) is 2.80. The molecule has 6 nitrogen and oxygen atoms in total. The molecule has 0 saturated carbocycles. The van der Waals surface area contributed by atoms with Crippen LogP contribution < -0.4 is 9.80 Å². The monoisotopic (exact) mass is 394 g/mol. The minimum absolute atomic E-state index is 0.000486. The van der Waals surface area contributed by atoms with Gasteiger partial charge in [0, 0.05) is 51.7 Å². The summed E-state index contributed by atoms with van der Waals surface area (Å²) < 4.78 is 5.39. The lowest BCUT2D eigenvalue weighted by Crippen LogP contribution is -2.36. The lowest BCUT2D eigenvalue weighted by atomic mass is 10.1. The van der Waals surface area contributed by atoms with E-state index in [-0.39, 0.29) is 5.91 Å². The van der Waals surface area contributed by atoms with Crippen LogP contribution in [-0.4, -0.2) is 62.2 Å². The van der Waals surface area contributed by atoms with Crippen molar-refractivity contribution in [2.75, 3.05) is 56.2 Å². The van der Waals surface area contributed by atoms with E-state index >= 15 is 0 Å². The number of carbonyl (C=O) groups is 1. The maximum Gasteiger partial charge on any atom is 0.255 e. The van der Waals surface area contributed by atoms with Gasteiger partial charge >= 0.3 is 0 Å². The summed E-state index contributed by atoms with van der Waals surface area (Å²) in [5.74, 6) is 0.905. The van der Waals surface area contributed by atoms with Crippen LogP contribution in [0.25, 0.3) is 0 Å². The molecule has 2 aromatic rings. The Hall–Kier alpha value is -2.60. The van der Waals surface area contributed by atoms with Gasteiger partial charge in [-0.25, -0.2) is 4.98 Å². The van der Waals surface area contributed by atoms with Crippen LogP contribution in [-0.2, 0) is 11.3 Å². The van der Waals surface area contributed by atoms with E-state index in [1.807, 2.05) is 19.2 Å². The van der Waals surface area contributed by atoms with E-state index in [1.165, 1.54) is 30.5 Å². The van der Waals surface area contributed by atoms with Crippen LogP contribution in [0.5, 0.6) is 0 Å². The van der Waals surface area contributed by atoms with Gasteiger partial charge in [0.25, 0.3) is 5.91 Å². The molecule has 154 valence electrons. The number of anilines is 2. The molecular formula is C23H30N4O2. The standard InChI is InChI=1S/C23H30N4O2/c1-25(18-20-7-3-4-8-21(20)26-11-5-2-6-12-26)23(28)19-9-10-22(24-17-19)27-13-15-29-16-14-27/h3-4,7-10,17H,2,5-6,11-16,18H2,1H3. The summed E-state index contributed by atoms with van der Waals surface area (Å²) in [5.41, 5.74) is 3.08. The molecule has 4 rings (SSSR count). The molecule has 0 atom stereocenters. The van der Waals surface area contributed by atoms with E-state index in [4.69, 9.17) is 4.74 Å². The molecule has 1 aromatic carbocycles. The molecule has 1 aromatic heterocycles. The molecule has 2 fully saturated rings. The molecule has 2 aliphatic rings. The molecule has 0 aliphatic carbocycles. The first-order valence-electron chi connectivity index (χ1n) is 10.6. The van der Waals surface area contributed by atoms with Crippen molar-refractivity contribution >= 4 is 17.4 Å². The Morgan fingerprint density at radius 2 is 1.76 bits per heavy atom. The minimum atomic E-state index is -0.000486. The van der Waals surface area contributed by atoms with Crippen molar-refractivity contribution in [1.29, 1.82) is 0 Å². The van der Waals surface area contributed by atoms with Crippen LogP contribution in [0, 0.1) is 0 Å². The fourth-order valence-corrected chi connectivity index (χ4v) is 4.13. The summed E-state index contributed by atoms with van der Waals surface area (Å²) in [6, 6.07) is 12.3. The van der Waals surface area contributed by atoms with E-state index in [9.17, 15) is 4.79 Å². The molecule has 0 N–H and O–H groups in total. The van der Waals surface area contributed by atoms with Crippen LogP contribution >= 0.6 is 0 Å². The van der Waals surface area contributed by atoms with Crippen molar-refractivity contribution in [2.24, 2.45) is 0 Å². The smallest absolute Gasteiger partial charge is 0.255 e. The number of amides is 1. The average molecular weight is 395 g/mol. The van der Waals surface area contributed by atoms with Gasteiger partial charge in [0.15, 0.2) is 0 Å². The number of ether oxygens (including phenoxy) is 1. The molecule has 0 bridgehead atoms. The highest BCUT2D eigenvalue weighted by atomic mass is 16.5. The molecule has 6 heteroatoms. The summed E-state index contributed by atoms with van der Waals surface area (Å²) in [7, 11) is 1.87. The number of pyridine rings is 1. The number of morpholine rings is 1. The molecular weight excluding hydrogens is 364 g/mol. The highest BCUT2D eigenvalue weighted by Gasteiger charge is 2.19. The maximum atomic E-state index is 13.0. The Labute approximate surface area is 173 Å². The van der Waals surface area contributed by atoms with Gasteiger partial charge in [-0.1, -0.05) is 18.2 Å². The molecule has 1 amide bonds. The molecule has 3 heterocycles. The van der Waals surface area contributed by atoms with Crippen molar-refractivity contribution in [3.63, 3.8) is 0 Å². The summed E-state index contributed by atoms with van der Waals surface area (Å²) in [4.78, 5) is 23.9. The van der Waals surface area contributed by atoms with E-state index in [2.05, 4.69) is 39.0 Å². The second kappa shape index (κ2) is 9.27. The van der Waals surface area contributed by atoms with Crippen molar-refractivity contribution in [3.8, 4) is 0 Å². The maximum absolute atomic E-state index is 13.0. The summed E-state index contributed by atoms with van der Waals surface area (Å²) in [6.45, 7) is 5.92. The highest BCUT2D eigenvalue weighted by Crippen LogP contribution is 2.25. The first-order valence-corrected chi connectivity index (χ1v) is 10.6. The van der Waals surface area contributed by atoms with Crippen LogP contribution in [0.2, 0.25) is 0 Å². The number of para-hydroxylation sites is 1. The Balaban J connectivity index is 1.43. The molecule has 0 radical (unpaired) electrons. The van der Waals surface area contributed by atoms with Gasteiger partial charge in [-0.15, -0.1) is 0 Å². The quantitative estimate of drug-likeness (QED) is 0.780. The Morgan fingerprint density at radius 3 is 2.48 bits per heavy atom. The topological polar surface area (TPSA) is 48.9 Å². The summed E-state index contributed by atoms with van der Waals surface area (Å²) in [6.07, 6.45) is 5.49. The van der Waals surface area contributed by atoms with Crippen molar-refractivity contribution in [3.05, 3.63) is 53.7 Å². The third-order valence-corrected chi connectivity index (χ3v) is 5.77. The van der Waals surface area contributed by atoms with Gasteiger partial charge in [0.05, 0.1) is 18.8 Å². The van der Waals surface area contributed by atoms with E-state index < -0.39 is 0 Å². The van der Waals surface area contributed by atoms with Crippen molar-refractivity contribution in [2.45, 2.75) is 25.8 Å². The van der Waals surface area contributed by atoms with Gasteiger partial charge in [-0.2, -0.15) is 0 Å². The number of benzene rings is 1. The molecule has 29 heavy (non-hydrogen) atoms. The predicted molar refractivity (Wildman–Crippen MR) is 116 cm³/mol. The SMILES string of the molecule is CN(Cc1ccccc1N1CCCCC1)C(=O)c1ccc(N2CCOCC2)nc1. The van der Waals surface area contributed by atoms with E-state index in [0.717, 1.165) is 45.2 Å². The number of carbonyl (C=O) groups excluding carboxylic acids is 1. The molecule has 2 aliphatic heterocycles. The summed E-state index contributed by atoms with van der Waals surface area (Å²) >= 11 is 0. The van der Waals surface area contributed by atoms with Crippen LogP contribution in [0.1, 0.15) is 35.2 Å². The first-order chi connectivity index (χ1) is 14.2. The van der Waals surface area contributed by atoms with Crippen LogP contribution in [0.15, 0.2) is 42.6 Å². The Kier molecular flexibility index (Phi) is 6.30. The Morgan fingerprint density at radius 1 is 1.00 bits per heavy atom. The Bertz CT molecular complexity index is 812. The molecule has 2 saturated heterocycles. The van der Waals surface area contributed by atoms with Crippen LogP contribution in [0.3, 0.4) is 0 Å². The zero-order valence-electron chi connectivity index (χ0n) is 17.2. The molecule has 0 spiro atoms. The fourth-order valence-electron chi connectivity index (χ4n) is 4.13. The number of hydrogen-bond acceptors (Lipinski definition) is 5. The highest BCUT2D eigenvalue weighted by molar-refractivity contribution is 5.94. The lowest BCUT2D eigenvalue weighted by molar-refractivity contribution is 0.0785. The zero-order valence-corrected chi connectivity index (χ0v) is 17.2. The number of nitrogens with zero attached hydrogens (tertiary/aromatic N) is 4. The van der Waals surface area contributed by atoms with E-state index in [1.54, 1.807) is 11.1 Å². The van der Waals surface area contributed by atoms with Gasteiger partial charge in [-0.05, 0) is 43.0 Å². The second-order valence-corrected chi connectivity index (χ2v) is 7.84. The van der Waals surface area contributed by atoms with Gasteiger partial charge in [0.1, 0.15) is 5.82 Å². The number of piperidine rings is 1. The normalized spacial score (nSPS) is 17.3. The number of aromatic nitrogens is 1. The number of hydrogen-bond donors (Lipinski definition) is 0. The zero-order chi connectivity index (χ0) is 20.1. The van der Waals surface area contributed by atoms with Gasteiger partial charge in [-0.3, -0.25) is 4.79 Å². The predicted octanol–water partition coefficient (Wildman–Crippen LogP) is 3.18.